The largest absolute Gasteiger partial charge is 0.433 e. The number of hydrogen-bond acceptors (Lipinski definition) is 4. The van der Waals surface area contributed by atoms with Crippen LogP contribution in [0, 0.1) is 10.1 Å². The number of fused-ring (bicyclic) bond motifs is 1. The molecule has 0 radical (unpaired) electrons. The van der Waals surface area contributed by atoms with Gasteiger partial charge in [-0.1, -0.05) is 18.2 Å². The molecule has 6 nitrogen and oxygen atoms in total. The second-order valence-corrected chi connectivity index (χ2v) is 4.39. The van der Waals surface area contributed by atoms with Crippen LogP contribution in [0.2, 0.25) is 0 Å². The molecule has 3 rings (SSSR count). The zero-order valence-corrected chi connectivity index (χ0v) is 10.6. The number of nitro groups is 1. The van der Waals surface area contributed by atoms with Crippen molar-refractivity contribution in [2.75, 3.05) is 0 Å². The van der Waals surface area contributed by atoms with Crippen molar-refractivity contribution in [3.63, 3.8) is 0 Å². The Bertz CT molecular complexity index is 829. The first-order valence-electron chi connectivity index (χ1n) is 5.91. The summed E-state index contributed by atoms with van der Waals surface area (Å²) in [5, 5.41) is 11.4. The number of aryl methyl sites for hydroxylation is 1. The van der Waals surface area contributed by atoms with Crippen LogP contribution in [0.3, 0.4) is 0 Å². The van der Waals surface area contributed by atoms with Crippen molar-refractivity contribution < 1.29 is 14.1 Å². The second kappa shape index (κ2) is 4.34. The number of carbonyl (C=O) groups is 1. The number of ketones is 1. The van der Waals surface area contributed by atoms with Gasteiger partial charge in [-0.3, -0.25) is 14.9 Å². The van der Waals surface area contributed by atoms with Crippen molar-refractivity contribution in [1.29, 1.82) is 0 Å². The first kappa shape index (κ1) is 12.2. The number of nitrogens with zero attached hydrogens (tertiary/aromatic N) is 2. The van der Waals surface area contributed by atoms with Crippen LogP contribution in [0.4, 0.5) is 5.88 Å². The van der Waals surface area contributed by atoms with Gasteiger partial charge in [0.25, 0.3) is 0 Å². The number of aromatic nitrogens is 1. The van der Waals surface area contributed by atoms with E-state index in [1.165, 1.54) is 12.1 Å². The van der Waals surface area contributed by atoms with Crippen molar-refractivity contribution in [3.8, 4) is 0 Å². The Kier molecular flexibility index (Phi) is 2.64. The lowest BCUT2D eigenvalue weighted by Crippen LogP contribution is -1.98. The smallest absolute Gasteiger partial charge is 0.397 e. The van der Waals surface area contributed by atoms with Gasteiger partial charge in [0.2, 0.25) is 5.78 Å². The van der Waals surface area contributed by atoms with Crippen LogP contribution in [0.25, 0.3) is 10.9 Å². The normalized spacial score (nSPS) is 10.8. The van der Waals surface area contributed by atoms with Crippen LogP contribution >= 0.6 is 0 Å². The summed E-state index contributed by atoms with van der Waals surface area (Å²) >= 11 is 0. The minimum atomic E-state index is -0.667. The molecule has 2 heterocycles. The summed E-state index contributed by atoms with van der Waals surface area (Å²) in [5.41, 5.74) is 1.38. The van der Waals surface area contributed by atoms with E-state index >= 15 is 0 Å². The number of rotatable bonds is 3. The number of benzene rings is 1. The standard InChI is InChI=1S/C14H10N2O4/c1-15-8-10(9-4-2-3-5-11(9)15)14(17)12-6-7-13(20-12)16(18)19/h2-8H,1H3. The topological polar surface area (TPSA) is 78.3 Å². The van der Waals surface area contributed by atoms with Crippen molar-refractivity contribution in [2.24, 2.45) is 7.05 Å². The van der Waals surface area contributed by atoms with Crippen molar-refractivity contribution in [3.05, 3.63) is 64.0 Å². The fraction of sp³-hybridized carbons (Fsp3) is 0.0714. The van der Waals surface area contributed by atoms with Gasteiger partial charge in [0.1, 0.15) is 4.92 Å². The third kappa shape index (κ3) is 1.78. The van der Waals surface area contributed by atoms with Gasteiger partial charge in [0.05, 0.1) is 11.6 Å². The summed E-state index contributed by atoms with van der Waals surface area (Å²) in [6.45, 7) is 0. The van der Waals surface area contributed by atoms with Gasteiger partial charge in [-0.25, -0.2) is 0 Å². The SMILES string of the molecule is Cn1cc(C(=O)c2ccc([N+](=O)[O-])o2)c2ccccc21. The summed E-state index contributed by atoms with van der Waals surface area (Å²) < 4.78 is 6.79. The molecule has 0 fully saturated rings. The molecule has 0 aliphatic carbocycles. The molecule has 6 heteroatoms. The quantitative estimate of drug-likeness (QED) is 0.416. The number of furan rings is 1. The first-order valence-corrected chi connectivity index (χ1v) is 5.91. The number of carbonyl (C=O) groups excluding carboxylic acids is 1. The average molecular weight is 270 g/mol. The molecule has 100 valence electrons. The zero-order valence-electron chi connectivity index (χ0n) is 10.6. The van der Waals surface area contributed by atoms with E-state index in [2.05, 4.69) is 0 Å². The molecule has 3 aromatic rings. The van der Waals surface area contributed by atoms with Gasteiger partial charge >= 0.3 is 5.88 Å². The third-order valence-electron chi connectivity index (χ3n) is 3.14. The molecule has 20 heavy (non-hydrogen) atoms. The van der Waals surface area contributed by atoms with Crippen LogP contribution in [-0.2, 0) is 7.05 Å². The van der Waals surface area contributed by atoms with Gasteiger partial charge in [-0.05, 0) is 12.1 Å². The zero-order chi connectivity index (χ0) is 14.3. The van der Waals surface area contributed by atoms with E-state index in [0.29, 0.717) is 5.56 Å². The molecule has 1 aromatic carbocycles. The lowest BCUT2D eigenvalue weighted by atomic mass is 10.1. The Morgan fingerprint density at radius 2 is 2.00 bits per heavy atom. The summed E-state index contributed by atoms with van der Waals surface area (Å²) in [4.78, 5) is 22.3. The molecule has 0 unspecified atom stereocenters. The molecule has 2 aromatic heterocycles. The predicted molar refractivity (Wildman–Crippen MR) is 71.7 cm³/mol. The third-order valence-corrected chi connectivity index (χ3v) is 3.14. The molecule has 0 aliphatic rings. The summed E-state index contributed by atoms with van der Waals surface area (Å²) in [7, 11) is 1.84. The fourth-order valence-electron chi connectivity index (χ4n) is 2.20. The minimum absolute atomic E-state index is 0.0342. The molecule has 0 saturated heterocycles. The Morgan fingerprint density at radius 1 is 1.25 bits per heavy atom. The van der Waals surface area contributed by atoms with Gasteiger partial charge in [0.15, 0.2) is 5.76 Å². The molecular formula is C14H10N2O4. The molecule has 0 N–H and O–H groups in total. The van der Waals surface area contributed by atoms with E-state index in [4.69, 9.17) is 4.42 Å². The predicted octanol–water partition coefficient (Wildman–Crippen LogP) is 2.91. The highest BCUT2D eigenvalue weighted by Crippen LogP contribution is 2.25. The molecule has 0 saturated carbocycles. The number of para-hydroxylation sites is 1. The molecule has 0 aliphatic heterocycles. The molecule has 0 atom stereocenters. The van der Waals surface area contributed by atoms with Crippen LogP contribution in [0.5, 0.6) is 0 Å². The lowest BCUT2D eigenvalue weighted by Gasteiger charge is -1.95. The Morgan fingerprint density at radius 3 is 2.70 bits per heavy atom. The van der Waals surface area contributed by atoms with Crippen LogP contribution < -0.4 is 0 Å². The maximum absolute atomic E-state index is 12.4. The lowest BCUT2D eigenvalue weighted by molar-refractivity contribution is -0.402. The fourth-order valence-corrected chi connectivity index (χ4v) is 2.20. The van der Waals surface area contributed by atoms with Gasteiger partial charge in [-0.15, -0.1) is 0 Å². The van der Waals surface area contributed by atoms with Crippen LogP contribution in [0.15, 0.2) is 47.0 Å². The van der Waals surface area contributed by atoms with Gasteiger partial charge in [-0.2, -0.15) is 0 Å². The Labute approximate surface area is 113 Å². The summed E-state index contributed by atoms with van der Waals surface area (Å²) in [6.07, 6.45) is 1.70. The second-order valence-electron chi connectivity index (χ2n) is 4.39. The highest BCUT2D eigenvalue weighted by Gasteiger charge is 2.21. The van der Waals surface area contributed by atoms with Crippen LogP contribution in [0.1, 0.15) is 16.1 Å². The molecular weight excluding hydrogens is 260 g/mol. The van der Waals surface area contributed by atoms with Crippen molar-refractivity contribution in [2.45, 2.75) is 0 Å². The van der Waals surface area contributed by atoms with Crippen molar-refractivity contribution >= 4 is 22.6 Å². The highest BCUT2D eigenvalue weighted by atomic mass is 16.6. The molecule has 0 amide bonds. The average Bonchev–Trinajstić information content (AvgIpc) is 3.04. The summed E-state index contributed by atoms with van der Waals surface area (Å²) in [5.74, 6) is -0.837. The Hall–Kier alpha value is -2.89. The van der Waals surface area contributed by atoms with E-state index in [1.54, 1.807) is 6.20 Å². The Balaban J connectivity index is 2.10. The van der Waals surface area contributed by atoms with E-state index in [-0.39, 0.29) is 11.5 Å². The van der Waals surface area contributed by atoms with Gasteiger partial charge in [0, 0.05) is 24.1 Å². The first-order chi connectivity index (χ1) is 9.58. The maximum Gasteiger partial charge on any atom is 0.433 e. The molecule has 0 spiro atoms. The molecule has 0 bridgehead atoms. The van der Waals surface area contributed by atoms with Crippen molar-refractivity contribution in [1.82, 2.24) is 4.57 Å². The maximum atomic E-state index is 12.4. The van der Waals surface area contributed by atoms with E-state index in [9.17, 15) is 14.9 Å². The van der Waals surface area contributed by atoms with E-state index in [0.717, 1.165) is 10.9 Å². The van der Waals surface area contributed by atoms with E-state index in [1.807, 2.05) is 35.9 Å². The minimum Gasteiger partial charge on any atom is -0.397 e. The highest BCUT2D eigenvalue weighted by molar-refractivity contribution is 6.15. The number of hydrogen-bond donors (Lipinski definition) is 0. The van der Waals surface area contributed by atoms with E-state index < -0.39 is 10.8 Å². The summed E-state index contributed by atoms with van der Waals surface area (Å²) in [6, 6.07) is 9.95. The van der Waals surface area contributed by atoms with Crippen LogP contribution in [-0.4, -0.2) is 15.3 Å². The van der Waals surface area contributed by atoms with Gasteiger partial charge < -0.3 is 8.98 Å². The monoisotopic (exact) mass is 270 g/mol.